The van der Waals surface area contributed by atoms with Gasteiger partial charge in [-0.05, 0) is 24.5 Å². The van der Waals surface area contributed by atoms with Gasteiger partial charge in [-0.15, -0.1) is 0 Å². The molecule has 0 unspecified atom stereocenters. The fourth-order valence-electron chi connectivity index (χ4n) is 1.45. The van der Waals surface area contributed by atoms with E-state index in [2.05, 4.69) is 29.9 Å². The third kappa shape index (κ3) is 3.70. The maximum absolute atomic E-state index is 5.75. The van der Waals surface area contributed by atoms with Gasteiger partial charge in [0.15, 0.2) is 0 Å². The lowest BCUT2D eigenvalue weighted by Crippen LogP contribution is -2.11. The fourth-order valence-corrected chi connectivity index (χ4v) is 1.45. The lowest BCUT2D eigenvalue weighted by atomic mass is 10.1. The Morgan fingerprint density at radius 3 is 2.93 bits per heavy atom. The summed E-state index contributed by atoms with van der Waals surface area (Å²) >= 11 is 0. The van der Waals surface area contributed by atoms with Gasteiger partial charge in [-0.2, -0.15) is 0 Å². The quantitative estimate of drug-likeness (QED) is 0.592. The highest BCUT2D eigenvalue weighted by molar-refractivity contribution is 5.80. The summed E-state index contributed by atoms with van der Waals surface area (Å²) < 4.78 is 0. The van der Waals surface area contributed by atoms with Crippen molar-refractivity contribution in [3.05, 3.63) is 29.6 Å². The number of aromatic nitrogens is 1. The largest absolute Gasteiger partial charge is 0.387 e. The second kappa shape index (κ2) is 6.17. The molecule has 0 bridgehead atoms. The molecule has 0 amide bonds. The zero-order valence-electron chi connectivity index (χ0n) is 9.53. The van der Waals surface area contributed by atoms with E-state index in [9.17, 15) is 0 Å². The Morgan fingerprint density at radius 2 is 2.27 bits per heavy atom. The summed E-state index contributed by atoms with van der Waals surface area (Å²) in [5.41, 5.74) is 8.04. The van der Waals surface area contributed by atoms with Crippen LogP contribution in [0.1, 0.15) is 37.9 Å². The zero-order valence-corrected chi connectivity index (χ0v) is 9.53. The minimum Gasteiger partial charge on any atom is -0.387 e. The first-order chi connectivity index (χ1) is 7.27. The molecule has 2 N–H and O–H groups in total. The van der Waals surface area contributed by atoms with E-state index in [1.54, 1.807) is 6.20 Å². The molecule has 15 heavy (non-hydrogen) atoms. The molecule has 0 atom stereocenters. The summed E-state index contributed by atoms with van der Waals surface area (Å²) in [5, 5.41) is 0. The van der Waals surface area contributed by atoms with Crippen LogP contribution in [0.4, 0.5) is 0 Å². The predicted octanol–water partition coefficient (Wildman–Crippen LogP) is 2.30. The van der Waals surface area contributed by atoms with Crippen LogP contribution in [0.2, 0.25) is 0 Å². The lowest BCUT2D eigenvalue weighted by Gasteiger charge is -2.04. The van der Waals surface area contributed by atoms with Crippen LogP contribution in [0, 0.1) is 0 Å². The van der Waals surface area contributed by atoms with Gasteiger partial charge in [0.1, 0.15) is 0 Å². The maximum Gasteiger partial charge on any atom is 0.0941 e. The number of nitrogens with zero attached hydrogens (tertiary/aromatic N) is 2. The van der Waals surface area contributed by atoms with E-state index in [0.717, 1.165) is 30.8 Å². The molecule has 1 aromatic rings. The van der Waals surface area contributed by atoms with Crippen LogP contribution in [0.15, 0.2) is 23.3 Å². The summed E-state index contributed by atoms with van der Waals surface area (Å²) in [5.74, 6) is 0.727. The topological polar surface area (TPSA) is 51.3 Å². The van der Waals surface area contributed by atoms with E-state index in [1.807, 2.05) is 6.07 Å². The van der Waals surface area contributed by atoms with Crippen LogP contribution in [0.5, 0.6) is 0 Å². The molecule has 0 aliphatic heterocycles. The molecular formula is C12H19N3. The van der Waals surface area contributed by atoms with Crippen LogP contribution < -0.4 is 5.73 Å². The predicted molar refractivity (Wildman–Crippen MR) is 63.8 cm³/mol. The molecule has 1 aromatic heterocycles. The molecular weight excluding hydrogens is 186 g/mol. The van der Waals surface area contributed by atoms with Crippen molar-refractivity contribution < 1.29 is 0 Å². The summed E-state index contributed by atoms with van der Waals surface area (Å²) in [4.78, 5) is 8.64. The minimum atomic E-state index is 0.607. The molecule has 3 heteroatoms. The van der Waals surface area contributed by atoms with Gasteiger partial charge in [0.05, 0.1) is 18.1 Å². The van der Waals surface area contributed by atoms with Crippen molar-refractivity contribution in [2.75, 3.05) is 0 Å². The second-order valence-corrected chi connectivity index (χ2v) is 3.52. The van der Waals surface area contributed by atoms with Crippen LogP contribution in [0.25, 0.3) is 0 Å². The summed E-state index contributed by atoms with van der Waals surface area (Å²) in [6.07, 6.45) is 4.71. The molecule has 0 saturated carbocycles. The van der Waals surface area contributed by atoms with E-state index in [0.29, 0.717) is 6.54 Å². The van der Waals surface area contributed by atoms with Gasteiger partial charge >= 0.3 is 0 Å². The molecule has 1 heterocycles. The standard InChI is InChI=1S/C12H19N3/c1-3-6-12(13)15-9-11-10(4-2)7-5-8-14-11/h5,7-8H,3-4,6,9H2,1-2H3,(H2,13,15). The molecule has 0 saturated heterocycles. The Labute approximate surface area is 91.4 Å². The van der Waals surface area contributed by atoms with Crippen LogP contribution in [0.3, 0.4) is 0 Å². The molecule has 0 fully saturated rings. The van der Waals surface area contributed by atoms with Crippen molar-refractivity contribution in [3.63, 3.8) is 0 Å². The van der Waals surface area contributed by atoms with E-state index < -0.39 is 0 Å². The van der Waals surface area contributed by atoms with E-state index in [1.165, 1.54) is 5.56 Å². The summed E-state index contributed by atoms with van der Waals surface area (Å²) in [6.45, 7) is 4.83. The Morgan fingerprint density at radius 1 is 1.47 bits per heavy atom. The molecule has 3 nitrogen and oxygen atoms in total. The fraction of sp³-hybridized carbons (Fsp3) is 0.500. The number of aliphatic imine (C=N–C) groups is 1. The van der Waals surface area contributed by atoms with Gasteiger partial charge in [-0.1, -0.05) is 19.9 Å². The molecule has 0 spiro atoms. The number of aryl methyl sites for hydroxylation is 1. The Kier molecular flexibility index (Phi) is 4.81. The molecule has 0 aliphatic carbocycles. The first-order valence-electron chi connectivity index (χ1n) is 5.49. The number of hydrogen-bond donors (Lipinski definition) is 1. The first-order valence-corrected chi connectivity index (χ1v) is 5.49. The van der Waals surface area contributed by atoms with Crippen LogP contribution in [-0.2, 0) is 13.0 Å². The number of rotatable bonds is 5. The number of nitrogens with two attached hydrogens (primary N) is 1. The normalized spacial score (nSPS) is 11.7. The third-order valence-corrected chi connectivity index (χ3v) is 2.30. The van der Waals surface area contributed by atoms with Crippen LogP contribution in [-0.4, -0.2) is 10.8 Å². The van der Waals surface area contributed by atoms with Crippen molar-refractivity contribution in [1.82, 2.24) is 4.98 Å². The average Bonchev–Trinajstić information content (AvgIpc) is 2.27. The van der Waals surface area contributed by atoms with Gasteiger partial charge in [0.25, 0.3) is 0 Å². The highest BCUT2D eigenvalue weighted by Crippen LogP contribution is 2.07. The van der Waals surface area contributed by atoms with E-state index in [4.69, 9.17) is 5.73 Å². The Bertz CT molecular complexity index is 331. The van der Waals surface area contributed by atoms with Crippen LogP contribution >= 0.6 is 0 Å². The molecule has 0 aliphatic rings. The van der Waals surface area contributed by atoms with Gasteiger partial charge in [-0.3, -0.25) is 9.98 Å². The average molecular weight is 205 g/mol. The third-order valence-electron chi connectivity index (χ3n) is 2.30. The number of pyridine rings is 1. The highest BCUT2D eigenvalue weighted by atomic mass is 14.9. The highest BCUT2D eigenvalue weighted by Gasteiger charge is 2.00. The smallest absolute Gasteiger partial charge is 0.0941 e. The molecule has 0 radical (unpaired) electrons. The maximum atomic E-state index is 5.75. The minimum absolute atomic E-state index is 0.607. The van der Waals surface area contributed by atoms with Gasteiger partial charge in [0.2, 0.25) is 0 Å². The summed E-state index contributed by atoms with van der Waals surface area (Å²) in [6, 6.07) is 4.05. The SMILES string of the molecule is CCCC(N)=NCc1ncccc1CC. The van der Waals surface area contributed by atoms with Crippen molar-refractivity contribution >= 4 is 5.84 Å². The summed E-state index contributed by atoms with van der Waals surface area (Å²) in [7, 11) is 0. The lowest BCUT2D eigenvalue weighted by molar-refractivity contribution is 0.910. The molecule has 1 rings (SSSR count). The Balaban J connectivity index is 2.68. The van der Waals surface area contributed by atoms with Crippen molar-refractivity contribution in [2.24, 2.45) is 10.7 Å². The molecule has 0 aromatic carbocycles. The number of hydrogen-bond acceptors (Lipinski definition) is 2. The van der Waals surface area contributed by atoms with E-state index in [-0.39, 0.29) is 0 Å². The zero-order chi connectivity index (χ0) is 11.1. The Hall–Kier alpha value is -1.38. The van der Waals surface area contributed by atoms with E-state index >= 15 is 0 Å². The monoisotopic (exact) mass is 205 g/mol. The van der Waals surface area contributed by atoms with Gasteiger partial charge in [-0.25, -0.2) is 0 Å². The second-order valence-electron chi connectivity index (χ2n) is 3.52. The van der Waals surface area contributed by atoms with Crippen molar-refractivity contribution in [1.29, 1.82) is 0 Å². The van der Waals surface area contributed by atoms with Gasteiger partial charge < -0.3 is 5.73 Å². The van der Waals surface area contributed by atoms with Crippen molar-refractivity contribution in [3.8, 4) is 0 Å². The first kappa shape index (κ1) is 11.7. The molecule has 82 valence electrons. The number of amidine groups is 1. The van der Waals surface area contributed by atoms with Gasteiger partial charge in [0, 0.05) is 12.6 Å². The van der Waals surface area contributed by atoms with Crippen molar-refractivity contribution in [2.45, 2.75) is 39.7 Å².